The molecule has 2 aromatic heterocycles. The van der Waals surface area contributed by atoms with Crippen molar-refractivity contribution in [1.29, 1.82) is 0 Å². The minimum atomic E-state index is -0.457. The lowest BCUT2D eigenvalue weighted by molar-refractivity contribution is -0.113. The summed E-state index contributed by atoms with van der Waals surface area (Å²) in [6.45, 7) is 0. The molecule has 130 valence electrons. The highest BCUT2D eigenvalue weighted by Gasteiger charge is 2.15. The predicted molar refractivity (Wildman–Crippen MR) is 104 cm³/mol. The van der Waals surface area contributed by atoms with E-state index < -0.39 is 5.91 Å². The van der Waals surface area contributed by atoms with Gasteiger partial charge in [0.05, 0.1) is 4.88 Å². The zero-order valence-electron chi connectivity index (χ0n) is 13.5. The standard InChI is InChI=1S/C19H14ClN3O2S/c20-14-5-1-6-15(11-14)22-18(24)16(10-13-4-2-8-21-12-13)23-19(25)17-7-3-9-26-17/h1-12H,(H,22,24)(H,23,25)/b16-10-. The van der Waals surface area contributed by atoms with E-state index in [4.69, 9.17) is 11.6 Å². The minimum Gasteiger partial charge on any atom is -0.321 e. The molecule has 0 bridgehead atoms. The Hall–Kier alpha value is -2.96. The van der Waals surface area contributed by atoms with Crippen LogP contribution in [-0.4, -0.2) is 16.8 Å². The number of rotatable bonds is 5. The number of carbonyl (C=O) groups is 2. The van der Waals surface area contributed by atoms with Gasteiger partial charge in [0.2, 0.25) is 0 Å². The monoisotopic (exact) mass is 383 g/mol. The van der Waals surface area contributed by atoms with Crippen molar-refractivity contribution in [1.82, 2.24) is 10.3 Å². The maximum absolute atomic E-state index is 12.7. The van der Waals surface area contributed by atoms with Crippen molar-refractivity contribution in [2.45, 2.75) is 0 Å². The molecule has 0 aliphatic carbocycles. The summed E-state index contributed by atoms with van der Waals surface area (Å²) in [5.74, 6) is -0.808. The molecule has 0 spiro atoms. The number of anilines is 1. The van der Waals surface area contributed by atoms with Crippen LogP contribution in [-0.2, 0) is 4.79 Å². The van der Waals surface area contributed by atoms with Crippen LogP contribution in [0, 0.1) is 0 Å². The Kier molecular flexibility index (Phi) is 5.78. The van der Waals surface area contributed by atoms with Crippen LogP contribution in [0.2, 0.25) is 5.02 Å². The van der Waals surface area contributed by atoms with Crippen molar-refractivity contribution >= 4 is 46.5 Å². The number of hydrogen-bond acceptors (Lipinski definition) is 4. The number of hydrogen-bond donors (Lipinski definition) is 2. The van der Waals surface area contributed by atoms with E-state index in [1.807, 2.05) is 0 Å². The molecule has 2 heterocycles. The third kappa shape index (κ3) is 4.78. The first-order valence-electron chi connectivity index (χ1n) is 7.65. The third-order valence-electron chi connectivity index (χ3n) is 3.32. The van der Waals surface area contributed by atoms with Crippen LogP contribution in [0.15, 0.2) is 72.0 Å². The van der Waals surface area contributed by atoms with E-state index >= 15 is 0 Å². The Morgan fingerprint density at radius 2 is 2.00 bits per heavy atom. The molecule has 0 aliphatic rings. The van der Waals surface area contributed by atoms with Crippen molar-refractivity contribution in [3.8, 4) is 0 Å². The van der Waals surface area contributed by atoms with E-state index in [2.05, 4.69) is 15.6 Å². The SMILES string of the molecule is O=C(Nc1cccc(Cl)c1)/C(=C/c1cccnc1)NC(=O)c1cccs1. The number of carbonyl (C=O) groups excluding carboxylic acids is 2. The van der Waals surface area contributed by atoms with E-state index in [-0.39, 0.29) is 11.6 Å². The van der Waals surface area contributed by atoms with Crippen LogP contribution in [0.1, 0.15) is 15.2 Å². The lowest BCUT2D eigenvalue weighted by Crippen LogP contribution is -2.30. The van der Waals surface area contributed by atoms with Crippen LogP contribution in [0.3, 0.4) is 0 Å². The Morgan fingerprint density at radius 3 is 2.69 bits per heavy atom. The van der Waals surface area contributed by atoms with Gasteiger partial charge in [-0.15, -0.1) is 11.3 Å². The van der Waals surface area contributed by atoms with Gasteiger partial charge < -0.3 is 10.6 Å². The summed E-state index contributed by atoms with van der Waals surface area (Å²) in [5.41, 5.74) is 1.33. The first-order valence-corrected chi connectivity index (χ1v) is 8.91. The molecule has 5 nitrogen and oxygen atoms in total. The molecular formula is C19H14ClN3O2S. The molecule has 2 amide bonds. The molecule has 0 saturated heterocycles. The number of pyridine rings is 1. The number of benzene rings is 1. The summed E-state index contributed by atoms with van der Waals surface area (Å²) in [5, 5.41) is 7.69. The molecule has 3 rings (SSSR count). The molecule has 0 radical (unpaired) electrons. The predicted octanol–water partition coefficient (Wildman–Crippen LogP) is 4.21. The average Bonchev–Trinajstić information content (AvgIpc) is 3.17. The second kappa shape index (κ2) is 8.42. The Morgan fingerprint density at radius 1 is 1.12 bits per heavy atom. The van der Waals surface area contributed by atoms with Crippen molar-refractivity contribution in [3.63, 3.8) is 0 Å². The van der Waals surface area contributed by atoms with E-state index in [0.717, 1.165) is 0 Å². The largest absolute Gasteiger partial charge is 0.321 e. The van der Waals surface area contributed by atoms with Crippen molar-refractivity contribution in [2.24, 2.45) is 0 Å². The number of aromatic nitrogens is 1. The first-order chi connectivity index (χ1) is 12.6. The molecule has 0 atom stereocenters. The smallest absolute Gasteiger partial charge is 0.272 e. The molecule has 0 fully saturated rings. The van der Waals surface area contributed by atoms with Gasteiger partial charge in [-0.1, -0.05) is 29.8 Å². The highest BCUT2D eigenvalue weighted by molar-refractivity contribution is 7.12. The van der Waals surface area contributed by atoms with Gasteiger partial charge >= 0.3 is 0 Å². The Balaban J connectivity index is 1.85. The van der Waals surface area contributed by atoms with Crippen molar-refractivity contribution < 1.29 is 9.59 Å². The third-order valence-corrected chi connectivity index (χ3v) is 4.42. The first kappa shape index (κ1) is 17.8. The van der Waals surface area contributed by atoms with Gasteiger partial charge in [0.25, 0.3) is 11.8 Å². The molecule has 7 heteroatoms. The van der Waals surface area contributed by atoms with Gasteiger partial charge in [-0.25, -0.2) is 0 Å². The molecule has 1 aromatic carbocycles. The van der Waals surface area contributed by atoms with Crippen LogP contribution in [0.4, 0.5) is 5.69 Å². The molecule has 0 unspecified atom stereocenters. The van der Waals surface area contributed by atoms with Gasteiger partial charge in [-0.05, 0) is 47.4 Å². The number of thiophene rings is 1. The normalized spacial score (nSPS) is 11.0. The van der Waals surface area contributed by atoms with Crippen LogP contribution >= 0.6 is 22.9 Å². The van der Waals surface area contributed by atoms with Crippen LogP contribution in [0.5, 0.6) is 0 Å². The fraction of sp³-hybridized carbons (Fsp3) is 0. The highest BCUT2D eigenvalue weighted by Crippen LogP contribution is 2.16. The van der Waals surface area contributed by atoms with Crippen LogP contribution in [0.25, 0.3) is 6.08 Å². The van der Waals surface area contributed by atoms with Gasteiger partial charge in [-0.3, -0.25) is 14.6 Å². The molecule has 26 heavy (non-hydrogen) atoms. The quantitative estimate of drug-likeness (QED) is 0.648. The van der Waals surface area contributed by atoms with Gasteiger partial charge in [-0.2, -0.15) is 0 Å². The summed E-state index contributed by atoms with van der Waals surface area (Å²) < 4.78 is 0. The summed E-state index contributed by atoms with van der Waals surface area (Å²) in [6, 6.07) is 13.8. The fourth-order valence-electron chi connectivity index (χ4n) is 2.14. The second-order valence-corrected chi connectivity index (χ2v) is 6.62. The molecule has 0 saturated carbocycles. The Labute approximate surface area is 159 Å². The average molecular weight is 384 g/mol. The van der Waals surface area contributed by atoms with Gasteiger partial charge in [0, 0.05) is 23.1 Å². The molecular weight excluding hydrogens is 370 g/mol. The lowest BCUT2D eigenvalue weighted by Gasteiger charge is -2.11. The second-order valence-electron chi connectivity index (χ2n) is 5.24. The van der Waals surface area contributed by atoms with E-state index in [1.54, 1.807) is 72.4 Å². The fourth-order valence-corrected chi connectivity index (χ4v) is 2.95. The van der Waals surface area contributed by atoms with Crippen LogP contribution < -0.4 is 10.6 Å². The molecule has 0 aliphatic heterocycles. The summed E-state index contributed by atoms with van der Waals surface area (Å²) in [7, 11) is 0. The van der Waals surface area contributed by atoms with Crippen molar-refractivity contribution in [3.05, 3.63) is 87.5 Å². The zero-order valence-corrected chi connectivity index (χ0v) is 15.1. The molecule has 3 aromatic rings. The zero-order chi connectivity index (χ0) is 18.4. The highest BCUT2D eigenvalue weighted by atomic mass is 35.5. The maximum atomic E-state index is 12.7. The van der Waals surface area contributed by atoms with Gasteiger partial charge in [0.1, 0.15) is 5.70 Å². The number of nitrogens with one attached hydrogen (secondary N) is 2. The molecule has 2 N–H and O–H groups in total. The Bertz CT molecular complexity index is 940. The summed E-state index contributed by atoms with van der Waals surface area (Å²) >= 11 is 7.24. The maximum Gasteiger partial charge on any atom is 0.272 e. The topological polar surface area (TPSA) is 71.1 Å². The van der Waals surface area contributed by atoms with E-state index in [1.165, 1.54) is 11.3 Å². The number of nitrogens with zero attached hydrogens (tertiary/aromatic N) is 1. The van der Waals surface area contributed by atoms with E-state index in [0.29, 0.717) is 21.2 Å². The summed E-state index contributed by atoms with van der Waals surface area (Å²) in [6.07, 6.45) is 4.80. The summed E-state index contributed by atoms with van der Waals surface area (Å²) in [4.78, 5) is 29.6. The lowest BCUT2D eigenvalue weighted by atomic mass is 10.2. The van der Waals surface area contributed by atoms with E-state index in [9.17, 15) is 9.59 Å². The number of halogens is 1. The number of amides is 2. The minimum absolute atomic E-state index is 0.108. The van der Waals surface area contributed by atoms with Gasteiger partial charge in [0.15, 0.2) is 0 Å². The van der Waals surface area contributed by atoms with Crippen molar-refractivity contribution in [2.75, 3.05) is 5.32 Å².